The molecule has 22 heavy (non-hydrogen) atoms. The fraction of sp³-hybridized carbons (Fsp3) is 0.133. The van der Waals surface area contributed by atoms with Crippen molar-refractivity contribution in [1.82, 2.24) is 5.32 Å². The zero-order chi connectivity index (χ0) is 16.2. The van der Waals surface area contributed by atoms with E-state index in [1.165, 1.54) is 12.1 Å². The third kappa shape index (κ3) is 3.84. The van der Waals surface area contributed by atoms with Crippen LogP contribution in [0.5, 0.6) is 0 Å². The Labute approximate surface area is 132 Å². The lowest BCUT2D eigenvalue weighted by atomic mass is 10.2. The number of carbonyl (C=O) groups is 1. The average Bonchev–Trinajstić information content (AvgIpc) is 2.48. The molecule has 1 atom stereocenters. The molecule has 0 spiro atoms. The Morgan fingerprint density at radius 1 is 1.18 bits per heavy atom. The van der Waals surface area contributed by atoms with E-state index < -0.39 is 21.0 Å². The van der Waals surface area contributed by atoms with Crippen LogP contribution in [0.1, 0.15) is 16.5 Å². The second-order valence-corrected chi connectivity index (χ2v) is 7.12. The van der Waals surface area contributed by atoms with Gasteiger partial charge in [0, 0.05) is 0 Å². The first-order chi connectivity index (χ1) is 10.4. The quantitative estimate of drug-likeness (QED) is 0.822. The molecule has 0 saturated carbocycles. The number of halogens is 2. The van der Waals surface area contributed by atoms with Gasteiger partial charge >= 0.3 is 0 Å². The van der Waals surface area contributed by atoms with E-state index in [1.54, 1.807) is 30.3 Å². The van der Waals surface area contributed by atoms with Gasteiger partial charge in [-0.15, -0.1) is 0 Å². The predicted octanol–water partition coefficient (Wildman–Crippen LogP) is 2.84. The van der Waals surface area contributed by atoms with Crippen molar-refractivity contribution in [2.45, 2.75) is 11.1 Å². The Balaban J connectivity index is 2.37. The van der Waals surface area contributed by atoms with Crippen LogP contribution < -0.4 is 5.32 Å². The highest BCUT2D eigenvalue weighted by Gasteiger charge is 2.27. The maximum absolute atomic E-state index is 13.2. The largest absolute Gasteiger partial charge is 0.339 e. The van der Waals surface area contributed by atoms with Crippen molar-refractivity contribution in [2.24, 2.45) is 0 Å². The summed E-state index contributed by atoms with van der Waals surface area (Å²) in [6.07, 6.45) is 0.296. The van der Waals surface area contributed by atoms with Crippen molar-refractivity contribution in [3.05, 3.63) is 70.5 Å². The molecular formula is C15H13ClFNO3S. The van der Waals surface area contributed by atoms with Crippen molar-refractivity contribution in [3.63, 3.8) is 0 Å². The van der Waals surface area contributed by atoms with E-state index in [2.05, 4.69) is 5.32 Å². The summed E-state index contributed by atoms with van der Waals surface area (Å²) in [6, 6.07) is 12.1. The summed E-state index contributed by atoms with van der Waals surface area (Å²) in [5, 5.41) is 0.764. The van der Waals surface area contributed by atoms with Crippen LogP contribution in [-0.2, 0) is 20.4 Å². The van der Waals surface area contributed by atoms with E-state index in [0.29, 0.717) is 12.0 Å². The molecule has 0 aromatic heterocycles. The molecule has 116 valence electrons. The minimum Gasteiger partial charge on any atom is -0.339 e. The molecule has 7 heteroatoms. The van der Waals surface area contributed by atoms with E-state index in [-0.39, 0.29) is 16.3 Å². The lowest BCUT2D eigenvalue weighted by molar-refractivity contribution is -0.109. The van der Waals surface area contributed by atoms with E-state index in [4.69, 9.17) is 11.6 Å². The van der Waals surface area contributed by atoms with Gasteiger partial charge in [0.25, 0.3) is 0 Å². The molecule has 0 fully saturated rings. The summed E-state index contributed by atoms with van der Waals surface area (Å²) < 4.78 is 38.3. The minimum absolute atomic E-state index is 0.203. The molecule has 0 bridgehead atoms. The Hall–Kier alpha value is -1.92. The summed E-state index contributed by atoms with van der Waals surface area (Å²) in [5.41, 5.74) is 0.794. The van der Waals surface area contributed by atoms with Gasteiger partial charge in [-0.3, -0.25) is 4.79 Å². The second kappa shape index (κ2) is 6.89. The highest BCUT2D eigenvalue weighted by Crippen LogP contribution is 2.26. The zero-order valence-corrected chi connectivity index (χ0v) is 12.9. The summed E-state index contributed by atoms with van der Waals surface area (Å²) in [5.74, 6) is -0.912. The van der Waals surface area contributed by atoms with E-state index in [9.17, 15) is 17.6 Å². The Morgan fingerprint density at radius 2 is 1.86 bits per heavy atom. The first-order valence-corrected chi connectivity index (χ1v) is 8.43. The SMILES string of the molecule is O=CNC(c1ccc(F)c(Cl)c1)S(=O)(=O)Cc1ccccc1. The van der Waals surface area contributed by atoms with Gasteiger partial charge in [-0.05, 0) is 23.3 Å². The van der Waals surface area contributed by atoms with Gasteiger partial charge in [0.05, 0.1) is 10.8 Å². The molecule has 2 rings (SSSR count). The molecule has 1 unspecified atom stereocenters. The summed E-state index contributed by atoms with van der Waals surface area (Å²) in [6.45, 7) is 0. The second-order valence-electron chi connectivity index (χ2n) is 4.63. The normalized spacial score (nSPS) is 12.6. The third-order valence-electron chi connectivity index (χ3n) is 3.04. The van der Waals surface area contributed by atoms with Crippen molar-refractivity contribution >= 4 is 27.8 Å². The Morgan fingerprint density at radius 3 is 2.45 bits per heavy atom. The van der Waals surface area contributed by atoms with Gasteiger partial charge in [0.1, 0.15) is 5.82 Å². The molecule has 0 aliphatic rings. The van der Waals surface area contributed by atoms with E-state index >= 15 is 0 Å². The highest BCUT2D eigenvalue weighted by atomic mass is 35.5. The third-order valence-corrected chi connectivity index (χ3v) is 5.19. The van der Waals surface area contributed by atoms with Gasteiger partial charge in [-0.25, -0.2) is 12.8 Å². The lowest BCUT2D eigenvalue weighted by Gasteiger charge is -2.18. The molecule has 2 aromatic rings. The van der Waals surface area contributed by atoms with Crippen LogP contribution in [0, 0.1) is 5.82 Å². The molecule has 1 amide bonds. The predicted molar refractivity (Wildman–Crippen MR) is 82.4 cm³/mol. The fourth-order valence-corrected chi connectivity index (χ4v) is 3.87. The van der Waals surface area contributed by atoms with Crippen molar-refractivity contribution in [3.8, 4) is 0 Å². The standard InChI is InChI=1S/C15H13ClFNO3S/c16-13-8-12(6-7-14(13)17)15(18-10-19)22(20,21)9-11-4-2-1-3-5-11/h1-8,10,15H,9H2,(H,18,19). The van der Waals surface area contributed by atoms with Crippen LogP contribution in [0.25, 0.3) is 0 Å². The van der Waals surface area contributed by atoms with Crippen molar-refractivity contribution < 1.29 is 17.6 Å². The van der Waals surface area contributed by atoms with Crippen LogP contribution in [0.4, 0.5) is 4.39 Å². The maximum Gasteiger partial charge on any atom is 0.208 e. The van der Waals surface area contributed by atoms with Crippen LogP contribution in [0.3, 0.4) is 0 Å². The molecule has 0 aliphatic heterocycles. The Bertz CT molecular complexity index is 766. The monoisotopic (exact) mass is 341 g/mol. The molecule has 0 radical (unpaired) electrons. The number of sulfone groups is 1. The fourth-order valence-electron chi connectivity index (χ4n) is 2.03. The topological polar surface area (TPSA) is 63.2 Å². The first kappa shape index (κ1) is 16.5. The van der Waals surface area contributed by atoms with Gasteiger partial charge in [0.15, 0.2) is 15.2 Å². The Kier molecular flexibility index (Phi) is 5.15. The number of nitrogens with one attached hydrogen (secondary N) is 1. The number of benzene rings is 2. The molecule has 0 saturated heterocycles. The first-order valence-electron chi connectivity index (χ1n) is 6.34. The van der Waals surface area contributed by atoms with E-state index in [1.807, 2.05) is 0 Å². The molecular weight excluding hydrogens is 329 g/mol. The van der Waals surface area contributed by atoms with Crippen LogP contribution in [-0.4, -0.2) is 14.8 Å². The van der Waals surface area contributed by atoms with Gasteiger partial charge in [-0.1, -0.05) is 48.0 Å². The van der Waals surface area contributed by atoms with Crippen molar-refractivity contribution in [1.29, 1.82) is 0 Å². The van der Waals surface area contributed by atoms with Crippen LogP contribution in [0.2, 0.25) is 5.02 Å². The molecule has 4 nitrogen and oxygen atoms in total. The van der Waals surface area contributed by atoms with Crippen LogP contribution in [0.15, 0.2) is 48.5 Å². The van der Waals surface area contributed by atoms with Crippen LogP contribution >= 0.6 is 11.6 Å². The van der Waals surface area contributed by atoms with E-state index in [0.717, 1.165) is 6.07 Å². The van der Waals surface area contributed by atoms with Gasteiger partial charge < -0.3 is 5.32 Å². The molecule has 1 N–H and O–H groups in total. The highest BCUT2D eigenvalue weighted by molar-refractivity contribution is 7.90. The van der Waals surface area contributed by atoms with Crippen molar-refractivity contribution in [2.75, 3.05) is 0 Å². The molecule has 0 aliphatic carbocycles. The lowest BCUT2D eigenvalue weighted by Crippen LogP contribution is -2.28. The maximum atomic E-state index is 13.2. The average molecular weight is 342 g/mol. The number of hydrogen-bond acceptors (Lipinski definition) is 3. The smallest absolute Gasteiger partial charge is 0.208 e. The molecule has 0 heterocycles. The zero-order valence-electron chi connectivity index (χ0n) is 11.4. The van der Waals surface area contributed by atoms with Gasteiger partial charge in [0.2, 0.25) is 6.41 Å². The number of hydrogen-bond donors (Lipinski definition) is 1. The van der Waals surface area contributed by atoms with Gasteiger partial charge in [-0.2, -0.15) is 0 Å². The summed E-state index contributed by atoms with van der Waals surface area (Å²) in [7, 11) is -3.74. The number of carbonyl (C=O) groups excluding carboxylic acids is 1. The number of amides is 1. The summed E-state index contributed by atoms with van der Waals surface area (Å²) >= 11 is 5.68. The molecule has 2 aromatic carbocycles. The summed E-state index contributed by atoms with van der Waals surface area (Å²) in [4.78, 5) is 10.8. The minimum atomic E-state index is -3.74. The number of rotatable bonds is 6.